The van der Waals surface area contributed by atoms with Crippen molar-refractivity contribution in [3.05, 3.63) is 34.9 Å². The van der Waals surface area contributed by atoms with E-state index in [-0.39, 0.29) is 12.0 Å². The zero-order chi connectivity index (χ0) is 13.5. The first kappa shape index (κ1) is 14.7. The van der Waals surface area contributed by atoms with Crippen molar-refractivity contribution in [2.24, 2.45) is 5.73 Å². The monoisotopic (exact) mass is 249 g/mol. The van der Waals surface area contributed by atoms with Gasteiger partial charge in [0.1, 0.15) is 0 Å². The van der Waals surface area contributed by atoms with E-state index in [1.165, 1.54) is 16.7 Å². The van der Waals surface area contributed by atoms with Crippen LogP contribution in [0.25, 0.3) is 0 Å². The summed E-state index contributed by atoms with van der Waals surface area (Å²) >= 11 is 0. The van der Waals surface area contributed by atoms with Gasteiger partial charge in [0.15, 0.2) is 0 Å². The number of hydrogen-bond acceptors (Lipinski definition) is 3. The first-order valence-corrected chi connectivity index (χ1v) is 6.50. The van der Waals surface area contributed by atoms with Gasteiger partial charge in [0.05, 0.1) is 6.61 Å². The highest BCUT2D eigenvalue weighted by molar-refractivity contribution is 5.69. The third-order valence-electron chi connectivity index (χ3n) is 3.09. The van der Waals surface area contributed by atoms with Crippen LogP contribution >= 0.6 is 0 Å². The molecule has 18 heavy (non-hydrogen) atoms. The largest absolute Gasteiger partial charge is 0.466 e. The highest BCUT2D eigenvalue weighted by Gasteiger charge is 2.09. The molecule has 1 unspecified atom stereocenters. The van der Waals surface area contributed by atoms with Crippen LogP contribution in [-0.4, -0.2) is 18.6 Å². The molecule has 0 fully saturated rings. The molecule has 0 amide bonds. The van der Waals surface area contributed by atoms with Crippen LogP contribution in [0.3, 0.4) is 0 Å². The third kappa shape index (κ3) is 4.88. The summed E-state index contributed by atoms with van der Waals surface area (Å²) in [6.07, 6.45) is 1.88. The van der Waals surface area contributed by atoms with E-state index in [2.05, 4.69) is 32.0 Å². The maximum Gasteiger partial charge on any atom is 0.305 e. The SMILES string of the molecule is CCOC(=O)CCC(N)Cc1ccc(C)c(C)c1. The second-order valence-electron chi connectivity index (χ2n) is 4.73. The second-order valence-corrected chi connectivity index (χ2v) is 4.73. The van der Waals surface area contributed by atoms with Crippen LogP contribution in [0.1, 0.15) is 36.5 Å². The Labute approximate surface area is 109 Å². The molecule has 1 aromatic rings. The molecule has 0 saturated carbocycles. The number of esters is 1. The Hall–Kier alpha value is -1.35. The van der Waals surface area contributed by atoms with Crippen LogP contribution in [0.4, 0.5) is 0 Å². The fourth-order valence-corrected chi connectivity index (χ4v) is 1.87. The van der Waals surface area contributed by atoms with E-state index >= 15 is 0 Å². The minimum absolute atomic E-state index is 0.0107. The summed E-state index contributed by atoms with van der Waals surface area (Å²) in [6, 6.07) is 6.39. The number of benzene rings is 1. The van der Waals surface area contributed by atoms with Gasteiger partial charge >= 0.3 is 5.97 Å². The van der Waals surface area contributed by atoms with E-state index < -0.39 is 0 Å². The molecule has 0 spiro atoms. The van der Waals surface area contributed by atoms with Crippen LogP contribution in [0.15, 0.2) is 18.2 Å². The summed E-state index contributed by atoms with van der Waals surface area (Å²) in [5, 5.41) is 0. The van der Waals surface area contributed by atoms with Crippen molar-refractivity contribution in [2.45, 2.75) is 46.1 Å². The van der Waals surface area contributed by atoms with Crippen molar-refractivity contribution in [1.29, 1.82) is 0 Å². The first-order chi connectivity index (χ1) is 8.52. The van der Waals surface area contributed by atoms with E-state index in [0.717, 1.165) is 6.42 Å². The van der Waals surface area contributed by atoms with Crippen LogP contribution in [0.5, 0.6) is 0 Å². The quantitative estimate of drug-likeness (QED) is 0.788. The Morgan fingerprint density at radius 2 is 2.06 bits per heavy atom. The average Bonchev–Trinajstić information content (AvgIpc) is 2.32. The molecule has 1 rings (SSSR count). The molecule has 1 atom stereocenters. The Kier molecular flexibility index (Phi) is 5.86. The lowest BCUT2D eigenvalue weighted by Gasteiger charge is -2.12. The Bertz CT molecular complexity index is 401. The van der Waals surface area contributed by atoms with Gasteiger partial charge in [0.2, 0.25) is 0 Å². The number of aryl methyl sites for hydroxylation is 2. The molecule has 0 aliphatic carbocycles. The van der Waals surface area contributed by atoms with Gasteiger partial charge in [-0.05, 0) is 50.3 Å². The number of rotatable bonds is 6. The summed E-state index contributed by atoms with van der Waals surface area (Å²) in [4.78, 5) is 11.2. The number of carbonyl (C=O) groups excluding carboxylic acids is 1. The van der Waals surface area contributed by atoms with Gasteiger partial charge in [0, 0.05) is 12.5 Å². The van der Waals surface area contributed by atoms with Gasteiger partial charge in [-0.1, -0.05) is 18.2 Å². The van der Waals surface area contributed by atoms with Crippen molar-refractivity contribution in [3.63, 3.8) is 0 Å². The smallest absolute Gasteiger partial charge is 0.305 e. The van der Waals surface area contributed by atoms with Crippen LogP contribution in [0, 0.1) is 13.8 Å². The van der Waals surface area contributed by atoms with Crippen LogP contribution in [-0.2, 0) is 16.0 Å². The predicted molar refractivity (Wildman–Crippen MR) is 73.5 cm³/mol. The highest BCUT2D eigenvalue weighted by Crippen LogP contribution is 2.12. The second kappa shape index (κ2) is 7.17. The lowest BCUT2D eigenvalue weighted by molar-refractivity contribution is -0.143. The lowest BCUT2D eigenvalue weighted by Crippen LogP contribution is -2.24. The fourth-order valence-electron chi connectivity index (χ4n) is 1.87. The van der Waals surface area contributed by atoms with E-state index in [4.69, 9.17) is 10.5 Å². The normalized spacial score (nSPS) is 12.2. The maximum atomic E-state index is 11.2. The highest BCUT2D eigenvalue weighted by atomic mass is 16.5. The molecule has 0 aliphatic rings. The molecule has 0 heterocycles. The van der Waals surface area contributed by atoms with Crippen molar-refractivity contribution in [1.82, 2.24) is 0 Å². The van der Waals surface area contributed by atoms with Crippen LogP contribution < -0.4 is 5.73 Å². The minimum atomic E-state index is -0.159. The van der Waals surface area contributed by atoms with Crippen LogP contribution in [0.2, 0.25) is 0 Å². The van der Waals surface area contributed by atoms with Crippen molar-refractivity contribution < 1.29 is 9.53 Å². The molecule has 0 aromatic heterocycles. The molecule has 3 heteroatoms. The van der Waals surface area contributed by atoms with Crippen molar-refractivity contribution in [2.75, 3.05) is 6.61 Å². The number of hydrogen-bond donors (Lipinski definition) is 1. The summed E-state index contributed by atoms with van der Waals surface area (Å²) in [7, 11) is 0. The average molecular weight is 249 g/mol. The molecule has 0 saturated heterocycles. The van der Waals surface area contributed by atoms with Crippen molar-refractivity contribution >= 4 is 5.97 Å². The van der Waals surface area contributed by atoms with Gasteiger partial charge in [-0.25, -0.2) is 0 Å². The van der Waals surface area contributed by atoms with Gasteiger partial charge in [-0.3, -0.25) is 4.79 Å². The Balaban J connectivity index is 2.42. The predicted octanol–water partition coefficient (Wildman–Crippen LogP) is 2.52. The zero-order valence-corrected chi connectivity index (χ0v) is 11.5. The summed E-state index contributed by atoms with van der Waals surface area (Å²) in [6.45, 7) is 6.45. The minimum Gasteiger partial charge on any atom is -0.466 e. The van der Waals surface area contributed by atoms with E-state index in [1.807, 2.05) is 6.92 Å². The number of carbonyl (C=O) groups is 1. The number of ether oxygens (including phenoxy) is 1. The summed E-state index contributed by atoms with van der Waals surface area (Å²) < 4.78 is 4.88. The fraction of sp³-hybridized carbons (Fsp3) is 0.533. The first-order valence-electron chi connectivity index (χ1n) is 6.50. The molecule has 100 valence electrons. The Morgan fingerprint density at radius 3 is 2.67 bits per heavy atom. The lowest BCUT2D eigenvalue weighted by atomic mass is 9.99. The van der Waals surface area contributed by atoms with Gasteiger partial charge < -0.3 is 10.5 Å². The molecule has 0 radical (unpaired) electrons. The third-order valence-corrected chi connectivity index (χ3v) is 3.09. The molecular formula is C15H23NO2. The standard InChI is InChI=1S/C15H23NO2/c1-4-18-15(17)8-7-14(16)10-13-6-5-11(2)12(3)9-13/h5-6,9,14H,4,7-8,10,16H2,1-3H3. The van der Waals surface area contributed by atoms with Gasteiger partial charge in [0.25, 0.3) is 0 Å². The van der Waals surface area contributed by atoms with Gasteiger partial charge in [-0.2, -0.15) is 0 Å². The molecule has 3 nitrogen and oxygen atoms in total. The Morgan fingerprint density at radius 1 is 1.33 bits per heavy atom. The molecule has 1 aromatic carbocycles. The number of nitrogens with two attached hydrogens (primary N) is 1. The molecule has 0 aliphatic heterocycles. The topological polar surface area (TPSA) is 52.3 Å². The zero-order valence-electron chi connectivity index (χ0n) is 11.5. The summed E-state index contributed by atoms with van der Waals surface area (Å²) in [5.41, 5.74) is 9.83. The van der Waals surface area contributed by atoms with E-state index in [0.29, 0.717) is 19.4 Å². The van der Waals surface area contributed by atoms with E-state index in [1.54, 1.807) is 0 Å². The molecule has 2 N–H and O–H groups in total. The summed E-state index contributed by atoms with van der Waals surface area (Å²) in [5.74, 6) is -0.159. The molecular weight excluding hydrogens is 226 g/mol. The van der Waals surface area contributed by atoms with Crippen molar-refractivity contribution in [3.8, 4) is 0 Å². The maximum absolute atomic E-state index is 11.2. The van der Waals surface area contributed by atoms with E-state index in [9.17, 15) is 4.79 Å². The molecule has 0 bridgehead atoms. The van der Waals surface area contributed by atoms with Gasteiger partial charge in [-0.15, -0.1) is 0 Å².